The Balaban J connectivity index is 1.76. The van der Waals surface area contributed by atoms with Crippen molar-refractivity contribution in [3.05, 3.63) is 48.3 Å². The molecule has 0 radical (unpaired) electrons. The first-order valence-corrected chi connectivity index (χ1v) is 7.99. The molecule has 130 valence electrons. The highest BCUT2D eigenvalue weighted by Crippen LogP contribution is 2.24. The zero-order chi connectivity index (χ0) is 17.6. The molecule has 3 aromatic rings. The summed E-state index contributed by atoms with van der Waals surface area (Å²) in [6.45, 7) is 3.33. The van der Waals surface area contributed by atoms with Gasteiger partial charge in [0.1, 0.15) is 17.3 Å². The summed E-state index contributed by atoms with van der Waals surface area (Å²) in [4.78, 5) is 15.1. The van der Waals surface area contributed by atoms with Crippen molar-refractivity contribution in [2.45, 2.75) is 6.92 Å². The molecule has 0 aromatic carbocycles. The number of anilines is 3. The predicted molar refractivity (Wildman–Crippen MR) is 97.1 cm³/mol. The number of nitrogens with one attached hydrogen (secondary N) is 1. The van der Waals surface area contributed by atoms with E-state index in [0.717, 1.165) is 11.4 Å². The number of nitrogens with zero attached hydrogens (tertiary/aromatic N) is 4. The number of likely N-dealkylation sites (N-methyl/N-ethyl adjacent to an activating group) is 1. The maximum atomic E-state index is 5.81. The first-order chi connectivity index (χ1) is 12.2. The van der Waals surface area contributed by atoms with E-state index in [0.29, 0.717) is 36.4 Å². The van der Waals surface area contributed by atoms with Gasteiger partial charge in [-0.2, -0.15) is 0 Å². The van der Waals surface area contributed by atoms with Crippen molar-refractivity contribution in [3.63, 3.8) is 0 Å². The summed E-state index contributed by atoms with van der Waals surface area (Å²) in [5, 5.41) is 3.20. The summed E-state index contributed by atoms with van der Waals surface area (Å²) in [7, 11) is 3.57. The first-order valence-electron chi connectivity index (χ1n) is 7.99. The molecule has 0 unspecified atom stereocenters. The van der Waals surface area contributed by atoms with Crippen LogP contribution < -0.4 is 10.2 Å². The quantitative estimate of drug-likeness (QED) is 0.708. The zero-order valence-corrected chi connectivity index (χ0v) is 14.6. The maximum absolute atomic E-state index is 5.81. The van der Waals surface area contributed by atoms with Gasteiger partial charge in [-0.1, -0.05) is 6.07 Å². The van der Waals surface area contributed by atoms with E-state index in [-0.39, 0.29) is 0 Å². The molecule has 0 saturated carbocycles. The molecule has 0 spiro atoms. The van der Waals surface area contributed by atoms with Crippen LogP contribution in [0.1, 0.15) is 5.56 Å². The molecule has 1 N–H and O–H groups in total. The third-order valence-electron chi connectivity index (χ3n) is 3.62. The molecule has 0 aliphatic carbocycles. The van der Waals surface area contributed by atoms with Gasteiger partial charge in [-0.25, -0.2) is 15.0 Å². The van der Waals surface area contributed by atoms with Crippen LogP contribution in [-0.2, 0) is 4.74 Å². The summed E-state index contributed by atoms with van der Waals surface area (Å²) in [6.07, 6.45) is 3.44. The van der Waals surface area contributed by atoms with Crippen LogP contribution in [0.5, 0.6) is 0 Å². The van der Waals surface area contributed by atoms with E-state index in [4.69, 9.17) is 9.15 Å². The van der Waals surface area contributed by atoms with E-state index in [1.165, 1.54) is 0 Å². The standard InChI is InChI=1S/C18H21N5O2/c1-13-7-8-19-17(11-13)22-16-6-4-5-14(21-16)15-12-20-18(25-15)23(2)9-10-24-3/h4-8,11-12H,9-10H2,1-3H3,(H,19,21,22). The second-order valence-electron chi connectivity index (χ2n) is 5.67. The smallest absolute Gasteiger partial charge is 0.297 e. The fraction of sp³-hybridized carbons (Fsp3) is 0.278. The number of methoxy groups -OCH3 is 1. The molecule has 0 aliphatic heterocycles. The van der Waals surface area contributed by atoms with Crippen molar-refractivity contribution in [1.82, 2.24) is 15.0 Å². The highest BCUT2D eigenvalue weighted by atomic mass is 16.5. The lowest BCUT2D eigenvalue weighted by Gasteiger charge is -2.13. The Morgan fingerprint density at radius 1 is 1.20 bits per heavy atom. The second kappa shape index (κ2) is 7.76. The Morgan fingerprint density at radius 2 is 2.08 bits per heavy atom. The minimum atomic E-state index is 0.535. The fourth-order valence-corrected chi connectivity index (χ4v) is 2.26. The van der Waals surface area contributed by atoms with E-state index >= 15 is 0 Å². The van der Waals surface area contributed by atoms with Crippen LogP contribution in [0.4, 0.5) is 17.7 Å². The largest absolute Gasteiger partial charge is 0.422 e. The van der Waals surface area contributed by atoms with Crippen molar-refractivity contribution < 1.29 is 9.15 Å². The SMILES string of the molecule is COCCN(C)c1ncc(-c2cccc(Nc3cc(C)ccn3)n2)o1. The third kappa shape index (κ3) is 4.33. The van der Waals surface area contributed by atoms with Gasteiger partial charge in [-0.05, 0) is 36.8 Å². The van der Waals surface area contributed by atoms with Crippen LogP contribution in [-0.4, -0.2) is 42.3 Å². The van der Waals surface area contributed by atoms with Gasteiger partial charge in [0.15, 0.2) is 5.76 Å². The van der Waals surface area contributed by atoms with Crippen LogP contribution in [0.25, 0.3) is 11.5 Å². The van der Waals surface area contributed by atoms with E-state index < -0.39 is 0 Å². The van der Waals surface area contributed by atoms with Crippen LogP contribution in [0.2, 0.25) is 0 Å². The van der Waals surface area contributed by atoms with E-state index in [1.807, 2.05) is 49.2 Å². The summed E-state index contributed by atoms with van der Waals surface area (Å²) in [5.41, 5.74) is 1.84. The van der Waals surface area contributed by atoms with Crippen molar-refractivity contribution in [2.24, 2.45) is 0 Å². The van der Waals surface area contributed by atoms with Crippen molar-refractivity contribution >= 4 is 17.7 Å². The topological polar surface area (TPSA) is 76.3 Å². The molecule has 3 aromatic heterocycles. The van der Waals surface area contributed by atoms with Crippen molar-refractivity contribution in [2.75, 3.05) is 37.5 Å². The highest BCUT2D eigenvalue weighted by Gasteiger charge is 2.12. The number of aryl methyl sites for hydroxylation is 1. The number of pyridine rings is 2. The molecule has 3 heterocycles. The van der Waals surface area contributed by atoms with Crippen molar-refractivity contribution in [1.29, 1.82) is 0 Å². The van der Waals surface area contributed by atoms with E-state index in [1.54, 1.807) is 19.5 Å². The van der Waals surface area contributed by atoms with E-state index in [9.17, 15) is 0 Å². The average Bonchev–Trinajstić information content (AvgIpc) is 3.10. The number of aromatic nitrogens is 3. The van der Waals surface area contributed by atoms with E-state index in [2.05, 4.69) is 20.3 Å². The average molecular weight is 339 g/mol. The lowest BCUT2D eigenvalue weighted by atomic mass is 10.3. The lowest BCUT2D eigenvalue weighted by Crippen LogP contribution is -2.22. The molecular weight excluding hydrogens is 318 g/mol. The lowest BCUT2D eigenvalue weighted by molar-refractivity contribution is 0.205. The molecule has 7 heteroatoms. The summed E-state index contributed by atoms with van der Waals surface area (Å²) < 4.78 is 10.9. The second-order valence-corrected chi connectivity index (χ2v) is 5.67. The Labute approximate surface area is 146 Å². The summed E-state index contributed by atoms with van der Waals surface area (Å²) in [5.74, 6) is 2.06. The van der Waals surface area contributed by atoms with Crippen LogP contribution in [0, 0.1) is 6.92 Å². The summed E-state index contributed by atoms with van der Waals surface area (Å²) in [6, 6.07) is 10.1. The van der Waals surface area contributed by atoms with Crippen molar-refractivity contribution in [3.8, 4) is 11.5 Å². The summed E-state index contributed by atoms with van der Waals surface area (Å²) >= 11 is 0. The molecule has 0 fully saturated rings. The maximum Gasteiger partial charge on any atom is 0.297 e. The molecule has 0 amide bonds. The number of rotatable bonds is 7. The number of hydrogen-bond acceptors (Lipinski definition) is 7. The van der Waals surface area contributed by atoms with Gasteiger partial charge >= 0.3 is 0 Å². The molecule has 3 rings (SSSR count). The number of hydrogen-bond donors (Lipinski definition) is 1. The normalized spacial score (nSPS) is 10.7. The minimum absolute atomic E-state index is 0.535. The first kappa shape index (κ1) is 16.9. The van der Waals surface area contributed by atoms with Gasteiger partial charge in [0.25, 0.3) is 6.01 Å². The molecular formula is C18H21N5O2. The molecule has 7 nitrogen and oxygen atoms in total. The minimum Gasteiger partial charge on any atom is -0.422 e. The van der Waals surface area contributed by atoms with Gasteiger partial charge in [-0.15, -0.1) is 0 Å². The molecule has 0 atom stereocenters. The van der Waals surface area contributed by atoms with Gasteiger partial charge in [0, 0.05) is 26.9 Å². The zero-order valence-electron chi connectivity index (χ0n) is 14.6. The molecule has 25 heavy (non-hydrogen) atoms. The Bertz CT molecular complexity index is 834. The number of oxazole rings is 1. The third-order valence-corrected chi connectivity index (χ3v) is 3.62. The van der Waals surface area contributed by atoms with Gasteiger partial charge in [0.2, 0.25) is 0 Å². The molecule has 0 aliphatic rings. The van der Waals surface area contributed by atoms with Crippen LogP contribution >= 0.6 is 0 Å². The van der Waals surface area contributed by atoms with Crippen LogP contribution in [0.3, 0.4) is 0 Å². The Morgan fingerprint density at radius 3 is 2.88 bits per heavy atom. The molecule has 0 saturated heterocycles. The van der Waals surface area contributed by atoms with Gasteiger partial charge in [-0.3, -0.25) is 0 Å². The van der Waals surface area contributed by atoms with Gasteiger partial charge in [0.05, 0.1) is 12.8 Å². The Hall–Kier alpha value is -2.93. The Kier molecular flexibility index (Phi) is 5.25. The highest BCUT2D eigenvalue weighted by molar-refractivity contribution is 5.59. The number of ether oxygens (including phenoxy) is 1. The monoisotopic (exact) mass is 339 g/mol. The predicted octanol–water partition coefficient (Wildman–Crippen LogP) is 3.27. The fourth-order valence-electron chi connectivity index (χ4n) is 2.26. The van der Waals surface area contributed by atoms with Crippen LogP contribution in [0.15, 0.2) is 47.1 Å². The molecule has 0 bridgehead atoms. The van der Waals surface area contributed by atoms with Gasteiger partial charge < -0.3 is 19.4 Å².